The van der Waals surface area contributed by atoms with Gasteiger partial charge in [0.25, 0.3) is 0 Å². The van der Waals surface area contributed by atoms with E-state index in [0.29, 0.717) is 13.1 Å². The molecule has 2 aromatic heterocycles. The van der Waals surface area contributed by atoms with E-state index in [4.69, 9.17) is 0 Å². The number of aliphatic hydroxyl groups is 1. The minimum Gasteiger partial charge on any atom is -0.390 e. The van der Waals surface area contributed by atoms with Crippen LogP contribution in [0.1, 0.15) is 28.5 Å². The molecule has 0 saturated heterocycles. The number of thiazole rings is 1. The molecule has 0 aromatic carbocycles. The van der Waals surface area contributed by atoms with Gasteiger partial charge >= 0.3 is 0 Å². The van der Waals surface area contributed by atoms with Gasteiger partial charge in [-0.1, -0.05) is 0 Å². The Balaban J connectivity index is 1.83. The monoisotopic (exact) mass is 280 g/mol. The van der Waals surface area contributed by atoms with Gasteiger partial charge in [0, 0.05) is 29.9 Å². The summed E-state index contributed by atoms with van der Waals surface area (Å²) >= 11 is 1.71. The maximum absolute atomic E-state index is 9.96. The Morgan fingerprint density at radius 3 is 2.84 bits per heavy atom. The fraction of sp³-hybridized carbons (Fsp3) is 0.538. The van der Waals surface area contributed by atoms with Crippen LogP contribution in [0.25, 0.3) is 0 Å². The number of nitrogens with zero attached hydrogens (tertiary/aromatic N) is 3. The molecular formula is C13H20N4OS. The molecule has 0 aliphatic heterocycles. The minimum atomic E-state index is -0.448. The van der Waals surface area contributed by atoms with E-state index in [1.165, 1.54) is 4.88 Å². The van der Waals surface area contributed by atoms with Crippen molar-refractivity contribution < 1.29 is 5.11 Å². The molecule has 2 rings (SSSR count). The first-order chi connectivity index (χ1) is 9.06. The Morgan fingerprint density at radius 1 is 1.47 bits per heavy atom. The second kappa shape index (κ2) is 6.27. The van der Waals surface area contributed by atoms with E-state index in [2.05, 4.69) is 22.3 Å². The molecular weight excluding hydrogens is 260 g/mol. The summed E-state index contributed by atoms with van der Waals surface area (Å²) in [5.74, 6) is 0. The van der Waals surface area contributed by atoms with Gasteiger partial charge in [-0.3, -0.25) is 4.68 Å². The molecule has 2 unspecified atom stereocenters. The summed E-state index contributed by atoms with van der Waals surface area (Å²) in [4.78, 5) is 5.66. The van der Waals surface area contributed by atoms with Crippen molar-refractivity contribution in [3.8, 4) is 0 Å². The smallest absolute Gasteiger partial charge is 0.0900 e. The van der Waals surface area contributed by atoms with E-state index in [1.54, 1.807) is 22.2 Å². The lowest BCUT2D eigenvalue weighted by Gasteiger charge is -2.16. The van der Waals surface area contributed by atoms with Crippen LogP contribution >= 0.6 is 11.3 Å². The molecule has 104 valence electrons. The summed E-state index contributed by atoms with van der Waals surface area (Å²) in [5, 5.41) is 18.5. The highest BCUT2D eigenvalue weighted by Crippen LogP contribution is 2.24. The van der Waals surface area contributed by atoms with Crippen molar-refractivity contribution in [2.24, 2.45) is 0 Å². The standard InChI is InChI=1S/C13H20N4OS/c1-9(13-10(2)16-11(3)19-13)14-7-12(18)8-17-6-4-5-15-17/h4-6,9,12,14,18H,7-8H2,1-3H3. The Kier molecular flexibility index (Phi) is 4.68. The summed E-state index contributed by atoms with van der Waals surface area (Å²) < 4.78 is 1.74. The third-order valence-corrected chi connectivity index (χ3v) is 4.20. The summed E-state index contributed by atoms with van der Waals surface area (Å²) in [6.45, 7) is 7.18. The van der Waals surface area contributed by atoms with Crippen molar-refractivity contribution in [2.75, 3.05) is 6.54 Å². The van der Waals surface area contributed by atoms with E-state index >= 15 is 0 Å². The molecule has 19 heavy (non-hydrogen) atoms. The van der Waals surface area contributed by atoms with Crippen molar-refractivity contribution in [3.05, 3.63) is 34.0 Å². The Bertz CT molecular complexity index is 509. The molecule has 2 aromatic rings. The lowest BCUT2D eigenvalue weighted by molar-refractivity contribution is 0.143. The van der Waals surface area contributed by atoms with E-state index < -0.39 is 6.10 Å². The fourth-order valence-electron chi connectivity index (χ4n) is 2.04. The molecule has 0 bridgehead atoms. The van der Waals surface area contributed by atoms with Crippen LogP contribution in [0.15, 0.2) is 18.5 Å². The van der Waals surface area contributed by atoms with Crippen LogP contribution < -0.4 is 5.32 Å². The molecule has 0 radical (unpaired) electrons. The van der Waals surface area contributed by atoms with E-state index in [0.717, 1.165) is 10.7 Å². The zero-order chi connectivity index (χ0) is 13.8. The van der Waals surface area contributed by atoms with Crippen LogP contribution in [0, 0.1) is 13.8 Å². The summed E-state index contributed by atoms with van der Waals surface area (Å²) in [7, 11) is 0. The van der Waals surface area contributed by atoms with E-state index in [9.17, 15) is 5.11 Å². The third-order valence-electron chi connectivity index (χ3n) is 2.95. The zero-order valence-corrected chi connectivity index (χ0v) is 12.3. The van der Waals surface area contributed by atoms with Gasteiger partial charge in [-0.2, -0.15) is 5.10 Å². The molecule has 0 aliphatic rings. The van der Waals surface area contributed by atoms with Crippen LogP contribution in [0.5, 0.6) is 0 Å². The summed E-state index contributed by atoms with van der Waals surface area (Å²) in [6, 6.07) is 2.06. The Hall–Kier alpha value is -1.24. The molecule has 0 saturated carbocycles. The molecule has 5 nitrogen and oxygen atoms in total. The molecule has 2 N–H and O–H groups in total. The number of aromatic nitrogens is 3. The number of aryl methyl sites for hydroxylation is 2. The Morgan fingerprint density at radius 2 is 2.26 bits per heavy atom. The van der Waals surface area contributed by atoms with Gasteiger partial charge < -0.3 is 10.4 Å². The minimum absolute atomic E-state index is 0.207. The zero-order valence-electron chi connectivity index (χ0n) is 11.5. The Labute approximate surface area is 117 Å². The average molecular weight is 280 g/mol. The normalized spacial score (nSPS) is 14.5. The summed E-state index contributed by atoms with van der Waals surface area (Å²) in [5.41, 5.74) is 1.07. The van der Waals surface area contributed by atoms with Crippen LogP contribution in [0.4, 0.5) is 0 Å². The first kappa shape index (κ1) is 14.2. The van der Waals surface area contributed by atoms with E-state index in [-0.39, 0.29) is 6.04 Å². The third kappa shape index (κ3) is 3.86. The van der Waals surface area contributed by atoms with Crippen molar-refractivity contribution in [2.45, 2.75) is 39.5 Å². The molecule has 0 fully saturated rings. The second-order valence-corrected chi connectivity index (χ2v) is 5.93. The molecule has 2 heterocycles. The maximum Gasteiger partial charge on any atom is 0.0900 e. The van der Waals surface area contributed by atoms with Gasteiger partial charge in [0.2, 0.25) is 0 Å². The number of hydrogen-bond donors (Lipinski definition) is 2. The number of aliphatic hydroxyl groups excluding tert-OH is 1. The maximum atomic E-state index is 9.96. The lowest BCUT2D eigenvalue weighted by atomic mass is 10.2. The highest BCUT2D eigenvalue weighted by molar-refractivity contribution is 7.11. The number of rotatable bonds is 6. The van der Waals surface area contributed by atoms with Crippen LogP contribution in [-0.2, 0) is 6.54 Å². The molecule has 0 spiro atoms. The first-order valence-corrected chi connectivity index (χ1v) is 7.20. The SMILES string of the molecule is Cc1nc(C)c(C(C)NCC(O)Cn2cccn2)s1. The predicted molar refractivity (Wildman–Crippen MR) is 76.2 cm³/mol. The summed E-state index contributed by atoms with van der Waals surface area (Å²) in [6.07, 6.45) is 3.12. The van der Waals surface area contributed by atoms with Gasteiger partial charge in [0.1, 0.15) is 0 Å². The topological polar surface area (TPSA) is 63.0 Å². The van der Waals surface area contributed by atoms with Crippen molar-refractivity contribution >= 4 is 11.3 Å². The number of hydrogen-bond acceptors (Lipinski definition) is 5. The van der Waals surface area contributed by atoms with Gasteiger partial charge in [0.05, 0.1) is 23.4 Å². The van der Waals surface area contributed by atoms with Crippen molar-refractivity contribution in [1.29, 1.82) is 0 Å². The highest BCUT2D eigenvalue weighted by Gasteiger charge is 2.14. The lowest BCUT2D eigenvalue weighted by Crippen LogP contribution is -2.32. The fourth-order valence-corrected chi connectivity index (χ4v) is 3.00. The molecule has 6 heteroatoms. The van der Waals surface area contributed by atoms with Gasteiger partial charge in [-0.25, -0.2) is 4.98 Å². The van der Waals surface area contributed by atoms with Crippen LogP contribution in [0.2, 0.25) is 0 Å². The van der Waals surface area contributed by atoms with Crippen LogP contribution in [-0.4, -0.2) is 32.5 Å². The van der Waals surface area contributed by atoms with Crippen molar-refractivity contribution in [1.82, 2.24) is 20.1 Å². The highest BCUT2D eigenvalue weighted by atomic mass is 32.1. The first-order valence-electron chi connectivity index (χ1n) is 6.39. The van der Waals surface area contributed by atoms with Crippen molar-refractivity contribution in [3.63, 3.8) is 0 Å². The van der Waals surface area contributed by atoms with Gasteiger partial charge in [-0.15, -0.1) is 11.3 Å². The van der Waals surface area contributed by atoms with Gasteiger partial charge in [-0.05, 0) is 26.8 Å². The largest absolute Gasteiger partial charge is 0.390 e. The number of nitrogens with one attached hydrogen (secondary N) is 1. The molecule has 0 aliphatic carbocycles. The predicted octanol–water partition coefficient (Wildman–Crippen LogP) is 1.67. The average Bonchev–Trinajstić information content (AvgIpc) is 2.96. The quantitative estimate of drug-likeness (QED) is 0.845. The van der Waals surface area contributed by atoms with E-state index in [1.807, 2.05) is 26.1 Å². The van der Waals surface area contributed by atoms with Crippen LogP contribution in [0.3, 0.4) is 0 Å². The van der Waals surface area contributed by atoms with Gasteiger partial charge in [0.15, 0.2) is 0 Å². The second-order valence-electron chi connectivity index (χ2n) is 4.69. The molecule has 0 amide bonds. The molecule has 2 atom stereocenters.